The van der Waals surface area contributed by atoms with Gasteiger partial charge in [0.15, 0.2) is 0 Å². The van der Waals surface area contributed by atoms with Crippen LogP contribution in [0.4, 0.5) is 0 Å². The molecule has 0 aliphatic carbocycles. The van der Waals surface area contributed by atoms with Gasteiger partial charge in [0.05, 0.1) is 17.6 Å². The fourth-order valence-electron chi connectivity index (χ4n) is 2.75. The zero-order chi connectivity index (χ0) is 21.6. The Bertz CT molecular complexity index is 971. The van der Waals surface area contributed by atoms with Gasteiger partial charge in [0.25, 0.3) is 5.91 Å². The molecule has 1 amide bonds. The molecular weight excluding hydrogens is 392 g/mol. The summed E-state index contributed by atoms with van der Waals surface area (Å²) in [7, 11) is -2.38. The summed E-state index contributed by atoms with van der Waals surface area (Å²) in [4.78, 5) is 12.3. The van der Waals surface area contributed by atoms with Crippen LogP contribution in [-0.2, 0) is 10.0 Å². The molecule has 0 saturated heterocycles. The third-order valence-corrected chi connectivity index (χ3v) is 5.59. The first kappa shape index (κ1) is 22.7. The van der Waals surface area contributed by atoms with Gasteiger partial charge in [-0.25, -0.2) is 13.1 Å². The van der Waals surface area contributed by atoms with Crippen LogP contribution < -0.4 is 19.5 Å². The quantitative estimate of drug-likeness (QED) is 0.609. The van der Waals surface area contributed by atoms with Crippen molar-refractivity contribution < 1.29 is 22.7 Å². The Hall–Kier alpha value is -2.58. The number of rotatable bonds is 9. The first-order chi connectivity index (χ1) is 13.6. The van der Waals surface area contributed by atoms with Crippen LogP contribution in [0.15, 0.2) is 41.3 Å². The third-order valence-electron chi connectivity index (χ3n) is 4.13. The van der Waals surface area contributed by atoms with E-state index in [1.54, 1.807) is 0 Å². The van der Waals surface area contributed by atoms with E-state index in [0.717, 1.165) is 11.1 Å². The van der Waals surface area contributed by atoms with Gasteiger partial charge in [0, 0.05) is 12.6 Å². The molecule has 29 heavy (non-hydrogen) atoms. The second kappa shape index (κ2) is 9.76. The molecule has 0 bridgehead atoms. The highest BCUT2D eigenvalue weighted by atomic mass is 32.2. The van der Waals surface area contributed by atoms with E-state index in [1.807, 2.05) is 45.9 Å². The van der Waals surface area contributed by atoms with Gasteiger partial charge in [-0.15, -0.1) is 0 Å². The SMILES string of the molecule is COc1ccc(S(=O)(=O)NCCOc2ccc(C)cc2C)cc1C(=O)NC(C)C. The molecule has 7 nitrogen and oxygen atoms in total. The van der Waals surface area contributed by atoms with E-state index in [0.29, 0.717) is 11.5 Å². The monoisotopic (exact) mass is 420 g/mol. The smallest absolute Gasteiger partial charge is 0.255 e. The molecule has 2 aromatic carbocycles. The van der Waals surface area contributed by atoms with Gasteiger partial charge in [-0.2, -0.15) is 0 Å². The van der Waals surface area contributed by atoms with Gasteiger partial charge in [-0.3, -0.25) is 4.79 Å². The van der Waals surface area contributed by atoms with Crippen LogP contribution in [-0.4, -0.2) is 40.6 Å². The molecule has 8 heteroatoms. The minimum atomic E-state index is -3.81. The zero-order valence-electron chi connectivity index (χ0n) is 17.4. The van der Waals surface area contributed by atoms with Crippen molar-refractivity contribution in [3.05, 3.63) is 53.1 Å². The zero-order valence-corrected chi connectivity index (χ0v) is 18.2. The number of benzene rings is 2. The van der Waals surface area contributed by atoms with Crippen molar-refractivity contribution in [3.8, 4) is 11.5 Å². The standard InChI is InChI=1S/C21H28N2O5S/c1-14(2)23-21(24)18-13-17(7-9-20(18)27-5)29(25,26)22-10-11-28-19-8-6-15(3)12-16(19)4/h6-9,12-14,22H,10-11H2,1-5H3,(H,23,24). The lowest BCUT2D eigenvalue weighted by atomic mass is 10.1. The molecule has 158 valence electrons. The molecule has 2 aromatic rings. The lowest BCUT2D eigenvalue weighted by molar-refractivity contribution is 0.0940. The Labute approximate surface area is 172 Å². The molecule has 0 saturated carbocycles. The molecule has 0 atom stereocenters. The molecule has 0 fully saturated rings. The number of aryl methyl sites for hydroxylation is 2. The van der Waals surface area contributed by atoms with Gasteiger partial charge in [0.2, 0.25) is 10.0 Å². The fourth-order valence-corrected chi connectivity index (χ4v) is 3.79. The summed E-state index contributed by atoms with van der Waals surface area (Å²) in [5.74, 6) is 0.624. The second-order valence-corrected chi connectivity index (χ2v) is 8.77. The van der Waals surface area contributed by atoms with Crippen LogP contribution in [0.3, 0.4) is 0 Å². The average molecular weight is 421 g/mol. The number of amides is 1. The first-order valence-electron chi connectivity index (χ1n) is 9.32. The molecule has 0 heterocycles. The van der Waals surface area contributed by atoms with Gasteiger partial charge in [-0.1, -0.05) is 17.7 Å². The molecule has 0 aliphatic heterocycles. The number of hydrogen-bond donors (Lipinski definition) is 2. The maximum Gasteiger partial charge on any atom is 0.255 e. The summed E-state index contributed by atoms with van der Waals surface area (Å²) in [6, 6.07) is 9.89. The molecule has 0 aliphatic rings. The molecule has 2 N–H and O–H groups in total. The summed E-state index contributed by atoms with van der Waals surface area (Å²) in [5.41, 5.74) is 2.28. The maximum atomic E-state index is 12.6. The van der Waals surface area contributed by atoms with Crippen molar-refractivity contribution in [2.45, 2.75) is 38.6 Å². The molecule has 2 rings (SSSR count). The Balaban J connectivity index is 2.07. The number of carbonyl (C=O) groups excluding carboxylic acids is 1. The molecule has 0 spiro atoms. The summed E-state index contributed by atoms with van der Waals surface area (Å²) in [5, 5.41) is 2.74. The lowest BCUT2D eigenvalue weighted by Gasteiger charge is -2.14. The van der Waals surface area contributed by atoms with Gasteiger partial charge < -0.3 is 14.8 Å². The minimum Gasteiger partial charge on any atom is -0.496 e. The molecule has 0 radical (unpaired) electrons. The Morgan fingerprint density at radius 3 is 2.38 bits per heavy atom. The number of nitrogens with one attached hydrogen (secondary N) is 2. The van der Waals surface area contributed by atoms with Crippen molar-refractivity contribution in [1.29, 1.82) is 0 Å². The average Bonchev–Trinajstić information content (AvgIpc) is 2.65. The summed E-state index contributed by atoms with van der Waals surface area (Å²) >= 11 is 0. The van der Waals surface area contributed by atoms with Gasteiger partial charge in [-0.05, 0) is 57.5 Å². The van der Waals surface area contributed by atoms with Crippen LogP contribution in [0.25, 0.3) is 0 Å². The van der Waals surface area contributed by atoms with E-state index < -0.39 is 15.9 Å². The highest BCUT2D eigenvalue weighted by Crippen LogP contribution is 2.23. The predicted octanol–water partition coefficient (Wildman–Crippen LogP) is 2.81. The highest BCUT2D eigenvalue weighted by Gasteiger charge is 2.20. The summed E-state index contributed by atoms with van der Waals surface area (Å²) < 4.78 is 38.6. The van der Waals surface area contributed by atoms with Crippen molar-refractivity contribution in [1.82, 2.24) is 10.0 Å². The topological polar surface area (TPSA) is 93.7 Å². The van der Waals surface area contributed by atoms with Crippen molar-refractivity contribution in [3.63, 3.8) is 0 Å². The van der Waals surface area contributed by atoms with Gasteiger partial charge in [0.1, 0.15) is 18.1 Å². The van der Waals surface area contributed by atoms with E-state index in [9.17, 15) is 13.2 Å². The lowest BCUT2D eigenvalue weighted by Crippen LogP contribution is -2.31. The van der Waals surface area contributed by atoms with Gasteiger partial charge >= 0.3 is 0 Å². The largest absolute Gasteiger partial charge is 0.496 e. The molecule has 0 aromatic heterocycles. The Morgan fingerprint density at radius 2 is 1.76 bits per heavy atom. The van der Waals surface area contributed by atoms with Crippen LogP contribution in [0.5, 0.6) is 11.5 Å². The van der Waals surface area contributed by atoms with Crippen molar-refractivity contribution in [2.75, 3.05) is 20.3 Å². The predicted molar refractivity (Wildman–Crippen MR) is 112 cm³/mol. The normalized spacial score (nSPS) is 11.4. The van der Waals surface area contributed by atoms with Crippen LogP contribution in [0, 0.1) is 13.8 Å². The van der Waals surface area contributed by atoms with Crippen molar-refractivity contribution >= 4 is 15.9 Å². The first-order valence-corrected chi connectivity index (χ1v) is 10.8. The fraction of sp³-hybridized carbons (Fsp3) is 0.381. The second-order valence-electron chi connectivity index (χ2n) is 7.01. The molecular formula is C21H28N2O5S. The Morgan fingerprint density at radius 1 is 1.07 bits per heavy atom. The van der Waals surface area contributed by atoms with E-state index in [2.05, 4.69) is 10.0 Å². The Kier molecular flexibility index (Phi) is 7.64. The van der Waals surface area contributed by atoms with E-state index in [-0.39, 0.29) is 29.7 Å². The summed E-state index contributed by atoms with van der Waals surface area (Å²) in [6.07, 6.45) is 0. The number of ether oxygens (including phenoxy) is 2. The molecule has 0 unspecified atom stereocenters. The van der Waals surface area contributed by atoms with E-state index in [1.165, 1.54) is 25.3 Å². The number of sulfonamides is 1. The minimum absolute atomic E-state index is 0.0151. The maximum absolute atomic E-state index is 12.6. The highest BCUT2D eigenvalue weighted by molar-refractivity contribution is 7.89. The number of hydrogen-bond acceptors (Lipinski definition) is 5. The third kappa shape index (κ3) is 6.20. The van der Waals surface area contributed by atoms with E-state index >= 15 is 0 Å². The van der Waals surface area contributed by atoms with Crippen LogP contribution in [0.2, 0.25) is 0 Å². The number of methoxy groups -OCH3 is 1. The van der Waals surface area contributed by atoms with Crippen molar-refractivity contribution in [2.24, 2.45) is 0 Å². The van der Waals surface area contributed by atoms with E-state index in [4.69, 9.17) is 9.47 Å². The van der Waals surface area contributed by atoms with Crippen LogP contribution in [0.1, 0.15) is 35.3 Å². The number of carbonyl (C=O) groups is 1. The van der Waals surface area contributed by atoms with Crippen LogP contribution >= 0.6 is 0 Å². The summed E-state index contributed by atoms with van der Waals surface area (Å²) in [6.45, 7) is 7.85.